The van der Waals surface area contributed by atoms with Crippen LogP contribution in [0, 0.1) is 11.8 Å². The second-order valence-electron chi connectivity index (χ2n) is 12.6. The van der Waals surface area contributed by atoms with Crippen molar-refractivity contribution in [1.29, 1.82) is 0 Å². The number of rotatable bonds is 10. The highest BCUT2D eigenvalue weighted by atomic mass is 32.2. The number of benzene rings is 1. The molecule has 2 saturated heterocycles. The van der Waals surface area contributed by atoms with Crippen LogP contribution >= 0.6 is 0 Å². The van der Waals surface area contributed by atoms with Crippen LogP contribution in [-0.2, 0) is 37.3 Å². The summed E-state index contributed by atoms with van der Waals surface area (Å²) in [5, 5.41) is 5.51. The van der Waals surface area contributed by atoms with E-state index in [0.29, 0.717) is 55.6 Å². The van der Waals surface area contributed by atoms with Crippen molar-refractivity contribution in [3.63, 3.8) is 0 Å². The number of hydrogen-bond acceptors (Lipinski definition) is 7. The lowest BCUT2D eigenvalue weighted by molar-refractivity contribution is -0.124. The maximum Gasteiger partial charge on any atom is 0.407 e. The topological polar surface area (TPSA) is 144 Å². The molecule has 4 rings (SSSR count). The zero-order chi connectivity index (χ0) is 33.4. The van der Waals surface area contributed by atoms with Crippen molar-refractivity contribution in [2.24, 2.45) is 7.05 Å². The van der Waals surface area contributed by atoms with Gasteiger partial charge in [0, 0.05) is 52.7 Å². The number of nitrogens with zero attached hydrogens (tertiary/aromatic N) is 4. The molecular weight excluding hydrogens is 612 g/mol. The Kier molecular flexibility index (Phi) is 12.2. The first-order chi connectivity index (χ1) is 21.9. The second kappa shape index (κ2) is 15.9. The number of piperidine rings is 2. The van der Waals surface area contributed by atoms with Crippen molar-refractivity contribution >= 4 is 40.5 Å². The van der Waals surface area contributed by atoms with Crippen molar-refractivity contribution in [2.75, 3.05) is 39.8 Å². The predicted molar refractivity (Wildman–Crippen MR) is 175 cm³/mol. The molecule has 0 aliphatic carbocycles. The largest absolute Gasteiger partial charge is 0.444 e. The number of para-hydroxylation sites is 1. The van der Waals surface area contributed by atoms with Gasteiger partial charge in [-0.25, -0.2) is 22.4 Å². The van der Waals surface area contributed by atoms with E-state index in [1.54, 1.807) is 19.2 Å². The number of amides is 2. The number of hydrogen-bond donors (Lipinski definition) is 2. The SMILES string of the molecule is CNC(=O)C(CCC=O)n1c(=O)n(C)c2c(C#CCOC3CCN(S(=O)N4CCC(NC(=O)OC(C)(C)C)CC4)CC3)cccc21. The van der Waals surface area contributed by atoms with Crippen LogP contribution in [0.4, 0.5) is 4.79 Å². The molecule has 2 N–H and O–H groups in total. The maximum atomic E-state index is 13.2. The molecule has 3 heterocycles. The zero-order valence-corrected chi connectivity index (χ0v) is 28.2. The van der Waals surface area contributed by atoms with Crippen molar-refractivity contribution in [3.05, 3.63) is 34.2 Å². The molecule has 2 atom stereocenters. The van der Waals surface area contributed by atoms with E-state index in [1.165, 1.54) is 16.2 Å². The molecule has 14 heteroatoms. The summed E-state index contributed by atoms with van der Waals surface area (Å²) >= 11 is -1.24. The Balaban J connectivity index is 1.28. The smallest absolute Gasteiger partial charge is 0.407 e. The molecule has 2 aliphatic heterocycles. The third kappa shape index (κ3) is 8.85. The summed E-state index contributed by atoms with van der Waals surface area (Å²) in [6, 6.07) is 4.58. The van der Waals surface area contributed by atoms with Gasteiger partial charge in [-0.3, -0.25) is 13.9 Å². The molecule has 13 nitrogen and oxygen atoms in total. The Morgan fingerprint density at radius 2 is 1.76 bits per heavy atom. The highest BCUT2D eigenvalue weighted by Crippen LogP contribution is 2.23. The van der Waals surface area contributed by atoms with Crippen molar-refractivity contribution in [3.8, 4) is 11.8 Å². The van der Waals surface area contributed by atoms with Gasteiger partial charge in [-0.1, -0.05) is 17.9 Å². The number of alkyl carbamates (subject to hydrolysis) is 1. The Morgan fingerprint density at radius 3 is 2.37 bits per heavy atom. The summed E-state index contributed by atoms with van der Waals surface area (Å²) in [6.45, 7) is 8.26. The van der Waals surface area contributed by atoms with E-state index in [4.69, 9.17) is 9.47 Å². The van der Waals surface area contributed by atoms with Gasteiger partial charge in [-0.05, 0) is 65.0 Å². The normalized spacial score (nSPS) is 18.4. The fraction of sp³-hybridized carbons (Fsp3) is 0.625. The van der Waals surface area contributed by atoms with Crippen LogP contribution in [-0.4, -0.2) is 97.8 Å². The van der Waals surface area contributed by atoms with Crippen LogP contribution < -0.4 is 16.3 Å². The van der Waals surface area contributed by atoms with Gasteiger partial charge in [0.25, 0.3) is 0 Å². The van der Waals surface area contributed by atoms with Gasteiger partial charge in [0.1, 0.15) is 24.5 Å². The predicted octanol–water partition coefficient (Wildman–Crippen LogP) is 2.01. The number of aromatic nitrogens is 2. The molecule has 2 amide bonds. The molecule has 2 unspecified atom stereocenters. The first kappa shape index (κ1) is 35.3. The van der Waals surface area contributed by atoms with E-state index < -0.39 is 28.9 Å². The molecule has 0 radical (unpaired) electrons. The number of likely N-dealkylation sites (N-methyl/N-ethyl adjacent to an activating group) is 1. The summed E-state index contributed by atoms with van der Waals surface area (Å²) < 4.78 is 31.5. The molecule has 252 valence electrons. The number of imidazole rings is 1. The average molecular weight is 659 g/mol. The van der Waals surface area contributed by atoms with Gasteiger partial charge in [-0.2, -0.15) is 0 Å². The first-order valence-corrected chi connectivity index (χ1v) is 16.9. The number of aldehydes is 1. The highest BCUT2D eigenvalue weighted by Gasteiger charge is 2.31. The van der Waals surface area contributed by atoms with Gasteiger partial charge in [0.15, 0.2) is 11.2 Å². The van der Waals surface area contributed by atoms with E-state index in [-0.39, 0.29) is 43.2 Å². The molecule has 0 spiro atoms. The fourth-order valence-corrected chi connectivity index (χ4v) is 7.22. The van der Waals surface area contributed by atoms with Crippen molar-refractivity contribution in [2.45, 2.75) is 83.1 Å². The molecular formula is C32H46N6O7S. The first-order valence-electron chi connectivity index (χ1n) is 15.8. The Labute approximate surface area is 272 Å². The number of carbonyl (C=O) groups excluding carboxylic acids is 3. The minimum Gasteiger partial charge on any atom is -0.444 e. The van der Waals surface area contributed by atoms with E-state index in [0.717, 1.165) is 19.1 Å². The molecule has 2 aromatic rings. The maximum absolute atomic E-state index is 13.2. The zero-order valence-electron chi connectivity index (χ0n) is 27.4. The lowest BCUT2D eigenvalue weighted by Gasteiger charge is -2.37. The molecule has 1 aromatic carbocycles. The number of ether oxygens (including phenoxy) is 2. The lowest BCUT2D eigenvalue weighted by atomic mass is 10.1. The van der Waals surface area contributed by atoms with E-state index in [9.17, 15) is 23.4 Å². The van der Waals surface area contributed by atoms with Crippen LogP contribution in [0.3, 0.4) is 0 Å². The van der Waals surface area contributed by atoms with Gasteiger partial charge in [0.05, 0.1) is 22.7 Å². The van der Waals surface area contributed by atoms with Crippen molar-refractivity contribution < 1.29 is 28.1 Å². The summed E-state index contributed by atoms with van der Waals surface area (Å²) in [5.74, 6) is 5.85. The quantitative estimate of drug-likeness (QED) is 0.294. The van der Waals surface area contributed by atoms with Crippen LogP contribution in [0.1, 0.15) is 70.9 Å². The standard InChI is InChI=1S/C32H46N6O7S/c1-32(2,3)45-30(41)34-24-13-17-36(18-14-24)46(43)37-19-15-25(16-20-37)44-22-8-10-23-9-6-11-26-28(23)35(5)31(42)38(26)27(12-7-21-39)29(40)33-4/h6,9,11,21,24-25,27H,7,12-20,22H2,1-5H3,(H,33,40)(H,34,41). The van der Waals surface area contributed by atoms with Crippen LogP contribution in [0.2, 0.25) is 0 Å². The number of aryl methyl sites for hydroxylation is 1. The molecule has 1 aromatic heterocycles. The third-order valence-electron chi connectivity index (χ3n) is 8.15. The molecule has 0 bridgehead atoms. The summed E-state index contributed by atoms with van der Waals surface area (Å²) in [6.07, 6.45) is 3.58. The van der Waals surface area contributed by atoms with Gasteiger partial charge in [-0.15, -0.1) is 0 Å². The van der Waals surface area contributed by atoms with Gasteiger partial charge < -0.3 is 24.9 Å². The van der Waals surface area contributed by atoms with Crippen molar-refractivity contribution in [1.82, 2.24) is 28.4 Å². The van der Waals surface area contributed by atoms with E-state index in [1.807, 2.05) is 35.4 Å². The van der Waals surface area contributed by atoms with Crippen LogP contribution in [0.5, 0.6) is 0 Å². The minimum atomic E-state index is -1.24. The number of fused-ring (bicyclic) bond motifs is 1. The van der Waals surface area contributed by atoms with Crippen LogP contribution in [0.15, 0.2) is 23.0 Å². The number of carbonyl (C=O) groups is 3. The lowest BCUT2D eigenvalue weighted by Crippen LogP contribution is -2.50. The summed E-state index contributed by atoms with van der Waals surface area (Å²) in [4.78, 5) is 48.9. The highest BCUT2D eigenvalue weighted by molar-refractivity contribution is 7.80. The summed E-state index contributed by atoms with van der Waals surface area (Å²) in [5.41, 5.74) is 0.924. The minimum absolute atomic E-state index is 0.00122. The Bertz CT molecular complexity index is 1540. The average Bonchev–Trinajstić information content (AvgIpc) is 3.28. The van der Waals surface area contributed by atoms with E-state index >= 15 is 0 Å². The van der Waals surface area contributed by atoms with Crippen LogP contribution in [0.25, 0.3) is 11.0 Å². The summed E-state index contributed by atoms with van der Waals surface area (Å²) in [7, 11) is 3.15. The number of nitrogens with one attached hydrogen (secondary N) is 2. The second-order valence-corrected chi connectivity index (χ2v) is 14.1. The molecule has 46 heavy (non-hydrogen) atoms. The van der Waals surface area contributed by atoms with E-state index in [2.05, 4.69) is 22.5 Å². The third-order valence-corrected chi connectivity index (χ3v) is 9.77. The Morgan fingerprint density at radius 1 is 1.11 bits per heavy atom. The van der Waals surface area contributed by atoms with Gasteiger partial charge >= 0.3 is 11.8 Å². The van der Waals surface area contributed by atoms with Gasteiger partial charge in [0.2, 0.25) is 5.91 Å². The Hall–Kier alpha value is -3.51. The monoisotopic (exact) mass is 658 g/mol. The fourth-order valence-electron chi connectivity index (χ4n) is 5.85. The molecule has 2 aliphatic rings. The molecule has 0 saturated carbocycles. The molecule has 2 fully saturated rings.